The van der Waals surface area contributed by atoms with Gasteiger partial charge in [0.2, 0.25) is 0 Å². The summed E-state index contributed by atoms with van der Waals surface area (Å²) in [7, 11) is 1.60. The number of esters is 1. The second-order valence-corrected chi connectivity index (χ2v) is 7.27. The van der Waals surface area contributed by atoms with E-state index in [1.807, 2.05) is 24.3 Å². The number of likely N-dealkylation sites (N-methyl/N-ethyl adjacent to an activating group) is 1. The van der Waals surface area contributed by atoms with E-state index in [2.05, 4.69) is 4.98 Å². The fourth-order valence-corrected chi connectivity index (χ4v) is 3.55. The average molecular weight is 399 g/mol. The lowest BCUT2D eigenvalue weighted by Gasteiger charge is -2.15. The van der Waals surface area contributed by atoms with Gasteiger partial charge in [0.15, 0.2) is 6.61 Å². The predicted octanol–water partition coefficient (Wildman–Crippen LogP) is 3.33. The molecular formula is C19H17N3O5S. The minimum absolute atomic E-state index is 0.0268. The van der Waals surface area contributed by atoms with Crippen LogP contribution in [0, 0.1) is 17.0 Å². The van der Waals surface area contributed by atoms with Crippen LogP contribution in [0.25, 0.3) is 10.2 Å². The van der Waals surface area contributed by atoms with Crippen molar-refractivity contribution < 1.29 is 19.2 Å². The summed E-state index contributed by atoms with van der Waals surface area (Å²) < 4.78 is 6.05. The first-order valence-corrected chi connectivity index (χ1v) is 9.17. The van der Waals surface area contributed by atoms with Crippen molar-refractivity contribution in [1.82, 2.24) is 9.88 Å². The molecule has 1 amide bonds. The van der Waals surface area contributed by atoms with E-state index in [-0.39, 0.29) is 11.3 Å². The lowest BCUT2D eigenvalue weighted by molar-refractivity contribution is -0.385. The lowest BCUT2D eigenvalue weighted by atomic mass is 10.1. The second-order valence-electron chi connectivity index (χ2n) is 6.16. The normalized spacial score (nSPS) is 10.6. The first-order chi connectivity index (χ1) is 13.3. The smallest absolute Gasteiger partial charge is 0.338 e. The third-order valence-corrected chi connectivity index (χ3v) is 5.13. The molecule has 0 N–H and O–H groups in total. The number of nitro groups is 1. The van der Waals surface area contributed by atoms with E-state index in [1.165, 1.54) is 28.4 Å². The van der Waals surface area contributed by atoms with Gasteiger partial charge < -0.3 is 9.64 Å². The molecule has 0 unspecified atom stereocenters. The Kier molecular flexibility index (Phi) is 5.65. The maximum atomic E-state index is 12.2. The number of aromatic nitrogens is 1. The van der Waals surface area contributed by atoms with Crippen LogP contribution in [0.1, 0.15) is 20.9 Å². The maximum absolute atomic E-state index is 12.2. The van der Waals surface area contributed by atoms with Crippen molar-refractivity contribution in [3.05, 3.63) is 68.7 Å². The highest BCUT2D eigenvalue weighted by atomic mass is 32.1. The van der Waals surface area contributed by atoms with Crippen molar-refractivity contribution in [1.29, 1.82) is 0 Å². The average Bonchev–Trinajstić information content (AvgIpc) is 3.08. The SMILES string of the molecule is Cc1ccc(C(=O)OCC(=O)N(C)Cc2nc3ccccc3s2)cc1[N+](=O)[O-]. The minimum atomic E-state index is -0.787. The molecule has 0 aliphatic rings. The highest BCUT2D eigenvalue weighted by Crippen LogP contribution is 2.22. The molecule has 8 nitrogen and oxygen atoms in total. The van der Waals surface area contributed by atoms with Crippen molar-refractivity contribution in [2.24, 2.45) is 0 Å². The fraction of sp³-hybridized carbons (Fsp3) is 0.211. The monoisotopic (exact) mass is 399 g/mol. The Morgan fingerprint density at radius 1 is 1.25 bits per heavy atom. The molecular weight excluding hydrogens is 382 g/mol. The molecule has 3 rings (SSSR count). The third kappa shape index (κ3) is 4.32. The van der Waals surface area contributed by atoms with E-state index >= 15 is 0 Å². The van der Waals surface area contributed by atoms with E-state index < -0.39 is 23.4 Å². The largest absolute Gasteiger partial charge is 0.452 e. The molecule has 9 heteroatoms. The Hall–Kier alpha value is -3.33. The molecule has 1 aromatic heterocycles. The highest BCUT2D eigenvalue weighted by molar-refractivity contribution is 7.18. The first kappa shape index (κ1) is 19.4. The van der Waals surface area contributed by atoms with Crippen molar-refractivity contribution >= 4 is 39.1 Å². The van der Waals surface area contributed by atoms with Crippen LogP contribution in [0.4, 0.5) is 5.69 Å². The van der Waals surface area contributed by atoms with Gasteiger partial charge in [0.05, 0.1) is 27.2 Å². The number of ether oxygens (including phenoxy) is 1. The molecule has 0 atom stereocenters. The zero-order valence-corrected chi connectivity index (χ0v) is 16.1. The maximum Gasteiger partial charge on any atom is 0.338 e. The number of hydrogen-bond donors (Lipinski definition) is 0. The second kappa shape index (κ2) is 8.13. The van der Waals surface area contributed by atoms with Crippen LogP contribution in [0.2, 0.25) is 0 Å². The number of fused-ring (bicyclic) bond motifs is 1. The minimum Gasteiger partial charge on any atom is -0.452 e. The van der Waals surface area contributed by atoms with Gasteiger partial charge in [-0.05, 0) is 25.1 Å². The Morgan fingerprint density at radius 2 is 2.00 bits per heavy atom. The summed E-state index contributed by atoms with van der Waals surface area (Å²) in [6, 6.07) is 11.7. The molecule has 28 heavy (non-hydrogen) atoms. The summed E-state index contributed by atoms with van der Waals surface area (Å²) in [4.78, 5) is 40.6. The van der Waals surface area contributed by atoms with Crippen LogP contribution in [-0.2, 0) is 16.1 Å². The number of nitro benzene ring substituents is 1. The zero-order valence-electron chi connectivity index (χ0n) is 15.2. The molecule has 0 aliphatic heterocycles. The van der Waals surface area contributed by atoms with Crippen LogP contribution in [0.5, 0.6) is 0 Å². The third-order valence-electron chi connectivity index (χ3n) is 4.10. The molecule has 0 radical (unpaired) electrons. The van der Waals surface area contributed by atoms with Gasteiger partial charge in [0.25, 0.3) is 11.6 Å². The molecule has 0 aliphatic carbocycles. The van der Waals surface area contributed by atoms with Crippen LogP contribution < -0.4 is 0 Å². The van der Waals surface area contributed by atoms with Gasteiger partial charge in [-0.3, -0.25) is 14.9 Å². The van der Waals surface area contributed by atoms with E-state index in [0.29, 0.717) is 12.1 Å². The number of rotatable bonds is 6. The lowest BCUT2D eigenvalue weighted by Crippen LogP contribution is -2.30. The van der Waals surface area contributed by atoms with Crippen LogP contribution in [0.15, 0.2) is 42.5 Å². The number of nitrogens with zero attached hydrogens (tertiary/aromatic N) is 3. The molecule has 0 bridgehead atoms. The zero-order chi connectivity index (χ0) is 20.3. The van der Waals surface area contributed by atoms with Gasteiger partial charge in [0, 0.05) is 18.7 Å². The molecule has 0 saturated carbocycles. The summed E-state index contributed by atoms with van der Waals surface area (Å²) in [5.74, 6) is -1.18. The van der Waals surface area contributed by atoms with Gasteiger partial charge in [-0.2, -0.15) is 0 Å². The summed E-state index contributed by atoms with van der Waals surface area (Å²) in [6.07, 6.45) is 0. The summed E-state index contributed by atoms with van der Waals surface area (Å²) in [5.41, 5.74) is 1.16. The number of benzene rings is 2. The van der Waals surface area contributed by atoms with E-state index in [9.17, 15) is 19.7 Å². The van der Waals surface area contributed by atoms with Crippen molar-refractivity contribution in [3.63, 3.8) is 0 Å². The Morgan fingerprint density at radius 3 is 2.71 bits per heavy atom. The van der Waals surface area contributed by atoms with Gasteiger partial charge >= 0.3 is 5.97 Å². The van der Waals surface area contributed by atoms with E-state index in [4.69, 9.17) is 4.74 Å². The molecule has 144 valence electrons. The van der Waals surface area contributed by atoms with Gasteiger partial charge in [-0.1, -0.05) is 18.2 Å². The highest BCUT2D eigenvalue weighted by Gasteiger charge is 2.18. The van der Waals surface area contributed by atoms with Gasteiger partial charge in [0.1, 0.15) is 5.01 Å². The number of carbonyl (C=O) groups is 2. The topological polar surface area (TPSA) is 103 Å². The summed E-state index contributed by atoms with van der Waals surface area (Å²) >= 11 is 1.49. The Bertz CT molecular complexity index is 1030. The van der Waals surface area contributed by atoms with E-state index in [1.54, 1.807) is 14.0 Å². The number of carbonyl (C=O) groups excluding carboxylic acids is 2. The number of aryl methyl sites for hydroxylation is 1. The number of thiazole rings is 1. The number of amides is 1. The molecule has 0 spiro atoms. The van der Waals surface area contributed by atoms with Crippen LogP contribution in [0.3, 0.4) is 0 Å². The van der Waals surface area contributed by atoms with Crippen LogP contribution >= 0.6 is 11.3 Å². The van der Waals surface area contributed by atoms with Crippen molar-refractivity contribution in [3.8, 4) is 0 Å². The molecule has 2 aromatic carbocycles. The predicted molar refractivity (Wildman–Crippen MR) is 104 cm³/mol. The molecule has 0 fully saturated rings. The Labute approximate surface area is 164 Å². The van der Waals surface area contributed by atoms with Crippen LogP contribution in [-0.4, -0.2) is 40.3 Å². The summed E-state index contributed by atoms with van der Waals surface area (Å²) in [6.45, 7) is 1.42. The standard InChI is InChI=1S/C19H17N3O5S/c1-12-7-8-13(9-15(12)22(25)26)19(24)27-11-18(23)21(2)10-17-20-14-5-3-4-6-16(14)28-17/h3-9H,10-11H2,1-2H3. The molecule has 3 aromatic rings. The molecule has 0 saturated heterocycles. The quantitative estimate of drug-likeness (QED) is 0.358. The molecule has 1 heterocycles. The first-order valence-electron chi connectivity index (χ1n) is 8.35. The van der Waals surface area contributed by atoms with E-state index in [0.717, 1.165) is 21.3 Å². The summed E-state index contributed by atoms with van der Waals surface area (Å²) in [5, 5.41) is 11.8. The number of para-hydroxylation sites is 1. The fourth-order valence-electron chi connectivity index (χ4n) is 2.53. The van der Waals surface area contributed by atoms with Gasteiger partial charge in [-0.15, -0.1) is 11.3 Å². The van der Waals surface area contributed by atoms with Crippen molar-refractivity contribution in [2.75, 3.05) is 13.7 Å². The van der Waals surface area contributed by atoms with Gasteiger partial charge in [-0.25, -0.2) is 9.78 Å². The van der Waals surface area contributed by atoms with Crippen molar-refractivity contribution in [2.45, 2.75) is 13.5 Å². The Balaban J connectivity index is 1.59. The number of hydrogen-bond acceptors (Lipinski definition) is 7.